The van der Waals surface area contributed by atoms with E-state index in [0.717, 1.165) is 18.7 Å². The number of hydrogen-bond acceptors (Lipinski definition) is 1. The highest BCUT2D eigenvalue weighted by Gasteiger charge is 1.99. The molecule has 0 aliphatic rings. The molecule has 20 heavy (non-hydrogen) atoms. The van der Waals surface area contributed by atoms with Crippen molar-refractivity contribution in [3.8, 4) is 0 Å². The molecule has 2 aromatic carbocycles. The first-order chi connectivity index (χ1) is 9.69. The van der Waals surface area contributed by atoms with Gasteiger partial charge >= 0.3 is 0 Å². The quantitative estimate of drug-likeness (QED) is 0.720. The Labute approximate surface area is 127 Å². The summed E-state index contributed by atoms with van der Waals surface area (Å²) >= 11 is 5.74. The third-order valence-electron chi connectivity index (χ3n) is 3.48. The number of aryl methyl sites for hydroxylation is 1. The van der Waals surface area contributed by atoms with Crippen molar-refractivity contribution in [2.24, 2.45) is 0 Å². The molecule has 0 aliphatic heterocycles. The lowest BCUT2D eigenvalue weighted by atomic mass is 10.0. The van der Waals surface area contributed by atoms with Gasteiger partial charge in [0, 0.05) is 18.1 Å². The first-order valence-electron chi connectivity index (χ1n) is 7.16. The second-order valence-electron chi connectivity index (χ2n) is 5.39. The minimum Gasteiger partial charge on any atom is -0.381 e. The Hall–Kier alpha value is -1.47. The fourth-order valence-electron chi connectivity index (χ4n) is 2.12. The fourth-order valence-corrected chi connectivity index (χ4v) is 2.34. The van der Waals surface area contributed by atoms with E-state index >= 15 is 0 Å². The van der Waals surface area contributed by atoms with Crippen LogP contribution in [0, 0.1) is 0 Å². The lowest BCUT2D eigenvalue weighted by molar-refractivity contribution is 0.865. The first kappa shape index (κ1) is 14.9. The van der Waals surface area contributed by atoms with Gasteiger partial charge in [0.05, 0.1) is 0 Å². The largest absolute Gasteiger partial charge is 0.381 e. The van der Waals surface area contributed by atoms with Gasteiger partial charge in [-0.2, -0.15) is 0 Å². The fraction of sp³-hybridized carbons (Fsp3) is 0.333. The van der Waals surface area contributed by atoms with E-state index in [1.165, 1.54) is 16.7 Å². The molecule has 0 bridgehead atoms. The maximum absolute atomic E-state index is 5.74. The average Bonchev–Trinajstić information content (AvgIpc) is 2.47. The van der Waals surface area contributed by atoms with Gasteiger partial charge in [0.25, 0.3) is 0 Å². The van der Waals surface area contributed by atoms with Crippen molar-refractivity contribution in [2.45, 2.75) is 32.7 Å². The zero-order valence-corrected chi connectivity index (χ0v) is 13.0. The van der Waals surface area contributed by atoms with E-state index in [2.05, 4.69) is 67.7 Å². The van der Waals surface area contributed by atoms with Crippen molar-refractivity contribution < 1.29 is 0 Å². The van der Waals surface area contributed by atoms with Crippen LogP contribution in [-0.2, 0) is 13.0 Å². The van der Waals surface area contributed by atoms with Crippen LogP contribution in [0.4, 0.5) is 5.69 Å². The van der Waals surface area contributed by atoms with Gasteiger partial charge in [-0.1, -0.05) is 50.2 Å². The van der Waals surface area contributed by atoms with Gasteiger partial charge in [0.2, 0.25) is 0 Å². The molecule has 2 rings (SSSR count). The third-order valence-corrected chi connectivity index (χ3v) is 3.67. The minimum absolute atomic E-state index is 0.589. The van der Waals surface area contributed by atoms with Gasteiger partial charge in [-0.15, -0.1) is 11.6 Å². The predicted octanol–water partition coefficient (Wildman–Crippen LogP) is 5.20. The zero-order valence-electron chi connectivity index (χ0n) is 12.2. The number of nitrogens with one attached hydrogen (secondary N) is 1. The standard InChI is InChI=1S/C18H22ClN/c1-14(2)17-7-3-16(4-8-17)13-20-18-9-5-15(6-10-18)11-12-19/h3-10,14,20H,11-13H2,1-2H3. The van der Waals surface area contributed by atoms with Crippen molar-refractivity contribution in [3.63, 3.8) is 0 Å². The molecule has 0 radical (unpaired) electrons. The lowest BCUT2D eigenvalue weighted by Crippen LogP contribution is -2.00. The molecular formula is C18H22ClN. The topological polar surface area (TPSA) is 12.0 Å². The van der Waals surface area contributed by atoms with Crippen molar-refractivity contribution in [3.05, 3.63) is 65.2 Å². The van der Waals surface area contributed by atoms with Crippen molar-refractivity contribution in [2.75, 3.05) is 11.2 Å². The van der Waals surface area contributed by atoms with Gasteiger partial charge < -0.3 is 5.32 Å². The van der Waals surface area contributed by atoms with Crippen molar-refractivity contribution >= 4 is 17.3 Å². The molecule has 0 unspecified atom stereocenters. The number of anilines is 1. The van der Waals surface area contributed by atoms with Gasteiger partial charge in [-0.05, 0) is 41.2 Å². The molecule has 0 amide bonds. The second-order valence-corrected chi connectivity index (χ2v) is 5.76. The Balaban J connectivity index is 1.91. The van der Waals surface area contributed by atoms with Gasteiger partial charge in [0.1, 0.15) is 0 Å². The number of alkyl halides is 1. The lowest BCUT2D eigenvalue weighted by Gasteiger charge is -2.09. The summed E-state index contributed by atoms with van der Waals surface area (Å²) < 4.78 is 0. The predicted molar refractivity (Wildman–Crippen MR) is 88.7 cm³/mol. The summed E-state index contributed by atoms with van der Waals surface area (Å²) in [6, 6.07) is 17.3. The Morgan fingerprint density at radius 2 is 1.50 bits per heavy atom. The van der Waals surface area contributed by atoms with Gasteiger partial charge in [-0.25, -0.2) is 0 Å². The van der Waals surface area contributed by atoms with Crippen LogP contribution in [0.15, 0.2) is 48.5 Å². The molecule has 0 saturated carbocycles. The summed E-state index contributed by atoms with van der Waals surface area (Å²) in [4.78, 5) is 0. The molecule has 0 fully saturated rings. The maximum Gasteiger partial charge on any atom is 0.0400 e. The normalized spacial score (nSPS) is 10.8. The van der Waals surface area contributed by atoms with Crippen molar-refractivity contribution in [1.82, 2.24) is 0 Å². The third kappa shape index (κ3) is 4.28. The average molecular weight is 288 g/mol. The Morgan fingerprint density at radius 1 is 0.900 bits per heavy atom. The first-order valence-corrected chi connectivity index (χ1v) is 7.70. The van der Waals surface area contributed by atoms with Crippen LogP contribution in [0.25, 0.3) is 0 Å². The summed E-state index contributed by atoms with van der Waals surface area (Å²) in [5.74, 6) is 1.26. The van der Waals surface area contributed by atoms with E-state index in [9.17, 15) is 0 Å². The molecule has 0 spiro atoms. The summed E-state index contributed by atoms with van der Waals surface area (Å²) in [5.41, 5.74) is 5.13. The van der Waals surface area contributed by atoms with Gasteiger partial charge in [0.15, 0.2) is 0 Å². The SMILES string of the molecule is CC(C)c1ccc(CNc2ccc(CCCl)cc2)cc1. The Bertz CT molecular complexity index is 514. The van der Waals surface area contributed by atoms with Crippen molar-refractivity contribution in [1.29, 1.82) is 0 Å². The number of rotatable bonds is 6. The highest BCUT2D eigenvalue weighted by atomic mass is 35.5. The summed E-state index contributed by atoms with van der Waals surface area (Å²) in [6.45, 7) is 5.29. The van der Waals surface area contributed by atoms with Crippen LogP contribution in [0.1, 0.15) is 36.5 Å². The van der Waals surface area contributed by atoms with Crippen LogP contribution in [0.2, 0.25) is 0 Å². The summed E-state index contributed by atoms with van der Waals surface area (Å²) in [5, 5.41) is 3.45. The van der Waals surface area contributed by atoms with Crippen LogP contribution in [0.5, 0.6) is 0 Å². The summed E-state index contributed by atoms with van der Waals surface area (Å²) in [7, 11) is 0. The molecule has 0 aromatic heterocycles. The minimum atomic E-state index is 0.589. The van der Waals surface area contributed by atoms with Crippen LogP contribution in [-0.4, -0.2) is 5.88 Å². The Morgan fingerprint density at radius 3 is 2.05 bits per heavy atom. The highest BCUT2D eigenvalue weighted by molar-refractivity contribution is 6.17. The summed E-state index contributed by atoms with van der Waals surface area (Å²) in [6.07, 6.45) is 0.929. The van der Waals surface area contributed by atoms with Crippen LogP contribution < -0.4 is 5.32 Å². The molecule has 1 nitrogen and oxygen atoms in total. The second kappa shape index (κ2) is 7.35. The zero-order chi connectivity index (χ0) is 14.4. The Kier molecular flexibility index (Phi) is 5.49. The van der Waals surface area contributed by atoms with Gasteiger partial charge in [-0.3, -0.25) is 0 Å². The molecule has 0 heterocycles. The molecule has 0 atom stereocenters. The number of benzene rings is 2. The van der Waals surface area contributed by atoms with E-state index in [0.29, 0.717) is 11.8 Å². The molecule has 2 aromatic rings. The smallest absolute Gasteiger partial charge is 0.0400 e. The molecule has 0 saturated heterocycles. The molecule has 1 N–H and O–H groups in total. The van der Waals surface area contributed by atoms with E-state index < -0.39 is 0 Å². The van der Waals surface area contributed by atoms with E-state index in [-0.39, 0.29) is 0 Å². The van der Waals surface area contributed by atoms with E-state index in [1.807, 2.05) is 0 Å². The number of hydrogen-bond donors (Lipinski definition) is 1. The monoisotopic (exact) mass is 287 g/mol. The maximum atomic E-state index is 5.74. The van der Waals surface area contributed by atoms with Crippen LogP contribution >= 0.6 is 11.6 Å². The number of halogens is 1. The molecular weight excluding hydrogens is 266 g/mol. The molecule has 0 aliphatic carbocycles. The van der Waals surface area contributed by atoms with Crippen LogP contribution in [0.3, 0.4) is 0 Å². The highest BCUT2D eigenvalue weighted by Crippen LogP contribution is 2.16. The molecule has 2 heteroatoms. The molecule has 106 valence electrons. The van der Waals surface area contributed by atoms with E-state index in [1.54, 1.807) is 0 Å². The van der Waals surface area contributed by atoms with E-state index in [4.69, 9.17) is 11.6 Å².